The van der Waals surface area contributed by atoms with E-state index in [4.69, 9.17) is 11.5 Å². The van der Waals surface area contributed by atoms with E-state index in [0.29, 0.717) is 35.5 Å². The van der Waals surface area contributed by atoms with Crippen LogP contribution in [0.1, 0.15) is 24.8 Å². The largest absolute Gasteiger partial charge is 0.382 e. The Morgan fingerprint density at radius 3 is 2.71 bits per heavy atom. The summed E-state index contributed by atoms with van der Waals surface area (Å²) in [6.45, 7) is 1.55. The third-order valence-corrected chi connectivity index (χ3v) is 6.90. The Hall–Kier alpha value is -4.19. The van der Waals surface area contributed by atoms with Crippen LogP contribution >= 0.6 is 0 Å². The number of benzene rings is 1. The molecule has 1 saturated heterocycles. The molecule has 198 valence electrons. The number of carbonyl (C=O) groups excluding carboxylic acids is 1. The maximum absolute atomic E-state index is 14.0. The van der Waals surface area contributed by atoms with E-state index >= 15 is 0 Å². The first kappa shape index (κ1) is 25.5. The second-order valence-corrected chi connectivity index (χ2v) is 9.98. The molecule has 10 nitrogen and oxygen atoms in total. The molecule has 38 heavy (non-hydrogen) atoms. The maximum Gasteiger partial charge on any atom is 0.223 e. The van der Waals surface area contributed by atoms with Gasteiger partial charge in [-0.3, -0.25) is 9.78 Å². The highest BCUT2D eigenvalue weighted by Crippen LogP contribution is 2.32. The molecule has 4 aromatic rings. The van der Waals surface area contributed by atoms with Crippen LogP contribution in [0, 0.1) is 11.6 Å². The number of aromatic nitrogens is 5. The summed E-state index contributed by atoms with van der Waals surface area (Å²) in [5.41, 5.74) is 15.7. The highest BCUT2D eigenvalue weighted by Gasteiger charge is 2.35. The lowest BCUT2D eigenvalue weighted by Gasteiger charge is -2.42. The van der Waals surface area contributed by atoms with Gasteiger partial charge in [-0.1, -0.05) is 0 Å². The molecule has 5 rings (SSSR count). The maximum atomic E-state index is 14.0. The van der Waals surface area contributed by atoms with Gasteiger partial charge in [0.05, 0.1) is 30.5 Å². The fourth-order valence-electron chi connectivity index (χ4n) is 4.88. The lowest BCUT2D eigenvalue weighted by Crippen LogP contribution is -2.56. The molecule has 0 saturated carbocycles. The van der Waals surface area contributed by atoms with E-state index in [0.717, 1.165) is 42.8 Å². The molecule has 1 amide bonds. The number of nitrogens with zero attached hydrogens (tertiary/aromatic N) is 7. The molecule has 0 spiro atoms. The monoisotopic (exact) mass is 521 g/mol. The lowest BCUT2D eigenvalue weighted by molar-refractivity contribution is -0.130. The molecule has 1 unspecified atom stereocenters. The van der Waals surface area contributed by atoms with Crippen LogP contribution in [0.4, 0.5) is 20.3 Å². The Bertz CT molecular complexity index is 1510. The number of piperidine rings is 1. The van der Waals surface area contributed by atoms with E-state index in [9.17, 15) is 13.6 Å². The molecule has 1 aliphatic heterocycles. The lowest BCUT2D eigenvalue weighted by atomic mass is 9.86. The second-order valence-electron chi connectivity index (χ2n) is 9.98. The Morgan fingerprint density at radius 1 is 1.13 bits per heavy atom. The van der Waals surface area contributed by atoms with Crippen molar-refractivity contribution in [2.75, 3.05) is 37.8 Å². The first-order valence-corrected chi connectivity index (χ1v) is 12.2. The van der Waals surface area contributed by atoms with Crippen molar-refractivity contribution in [1.82, 2.24) is 29.4 Å². The fraction of sp³-hybridized carbons (Fsp3) is 0.346. The minimum Gasteiger partial charge on any atom is -0.382 e. The molecule has 4 N–H and O–H groups in total. The first-order valence-electron chi connectivity index (χ1n) is 12.2. The van der Waals surface area contributed by atoms with E-state index in [1.165, 1.54) is 12.4 Å². The predicted octanol–water partition coefficient (Wildman–Crippen LogP) is 2.57. The molecular formula is C26H29F2N9O. The van der Waals surface area contributed by atoms with E-state index < -0.39 is 17.2 Å². The van der Waals surface area contributed by atoms with Gasteiger partial charge >= 0.3 is 0 Å². The van der Waals surface area contributed by atoms with Crippen molar-refractivity contribution in [1.29, 1.82) is 0 Å². The first-order chi connectivity index (χ1) is 18.1. The fourth-order valence-corrected chi connectivity index (χ4v) is 4.88. The molecule has 0 radical (unpaired) electrons. The minimum atomic E-state index is -0.947. The van der Waals surface area contributed by atoms with Crippen molar-refractivity contribution < 1.29 is 13.6 Å². The topological polar surface area (TPSA) is 132 Å². The normalized spacial score (nSPS) is 17.7. The van der Waals surface area contributed by atoms with E-state index in [-0.39, 0.29) is 18.1 Å². The number of amides is 1. The summed E-state index contributed by atoms with van der Waals surface area (Å²) in [4.78, 5) is 33.4. The molecule has 0 aliphatic carbocycles. The molecule has 0 bridgehead atoms. The zero-order valence-corrected chi connectivity index (χ0v) is 21.2. The number of anilines is 2. The van der Waals surface area contributed by atoms with Gasteiger partial charge in [0.2, 0.25) is 5.91 Å². The van der Waals surface area contributed by atoms with Crippen LogP contribution in [0.2, 0.25) is 0 Å². The zero-order chi connectivity index (χ0) is 27.0. The van der Waals surface area contributed by atoms with Gasteiger partial charge in [0, 0.05) is 44.7 Å². The van der Waals surface area contributed by atoms with Crippen molar-refractivity contribution in [2.24, 2.45) is 5.73 Å². The van der Waals surface area contributed by atoms with Gasteiger partial charge in [0.1, 0.15) is 11.8 Å². The van der Waals surface area contributed by atoms with Gasteiger partial charge in [0.15, 0.2) is 23.1 Å². The number of nitrogen functional groups attached to an aromatic ring is 1. The van der Waals surface area contributed by atoms with E-state index in [1.807, 2.05) is 10.6 Å². The Balaban J connectivity index is 1.55. The van der Waals surface area contributed by atoms with Crippen molar-refractivity contribution in [3.05, 3.63) is 60.3 Å². The van der Waals surface area contributed by atoms with Gasteiger partial charge < -0.3 is 25.8 Å². The van der Waals surface area contributed by atoms with Crippen LogP contribution in [0.3, 0.4) is 0 Å². The third kappa shape index (κ3) is 4.99. The van der Waals surface area contributed by atoms with Crippen molar-refractivity contribution in [3.63, 3.8) is 0 Å². The summed E-state index contributed by atoms with van der Waals surface area (Å²) < 4.78 is 29.4. The Kier molecular flexibility index (Phi) is 6.66. The van der Waals surface area contributed by atoms with E-state index in [1.54, 1.807) is 31.5 Å². The van der Waals surface area contributed by atoms with Crippen LogP contribution in [0.25, 0.3) is 22.4 Å². The Labute approximate surface area is 218 Å². The summed E-state index contributed by atoms with van der Waals surface area (Å²) in [5, 5.41) is 0. The standard InChI is InChI=1S/C26H29F2N9O/c1-35(2)22(38)10-26(30)6-3-7-36(13-26)21-11-31-20(16-4-5-18(27)19(28)8-16)9-17(21)12-37-15-34-23-24(29)32-14-33-25(23)37/h4-5,8-9,11,14-15H,3,6-7,10,12-13,30H2,1-2H3,(H2,29,32,33). The van der Waals surface area contributed by atoms with Crippen LogP contribution in [0.5, 0.6) is 0 Å². The predicted molar refractivity (Wildman–Crippen MR) is 140 cm³/mol. The average Bonchev–Trinajstić information content (AvgIpc) is 3.29. The molecule has 3 aromatic heterocycles. The number of hydrogen-bond donors (Lipinski definition) is 2. The molecule has 4 heterocycles. The van der Waals surface area contributed by atoms with Gasteiger partial charge in [-0.15, -0.1) is 0 Å². The average molecular weight is 522 g/mol. The van der Waals surface area contributed by atoms with E-state index in [2.05, 4.69) is 24.8 Å². The number of carbonyl (C=O) groups is 1. The summed E-state index contributed by atoms with van der Waals surface area (Å²) in [5.74, 6) is -1.62. The summed E-state index contributed by atoms with van der Waals surface area (Å²) in [6, 6.07) is 5.54. The second kappa shape index (κ2) is 9.93. The number of fused-ring (bicyclic) bond motifs is 1. The number of halogens is 2. The molecule has 1 fully saturated rings. The SMILES string of the molecule is CN(C)C(=O)CC1(N)CCCN(c2cnc(-c3ccc(F)c(F)c3)cc2Cn2cnc3c(N)ncnc32)C1. The number of imidazole rings is 1. The van der Waals surface area contributed by atoms with Crippen LogP contribution < -0.4 is 16.4 Å². The highest BCUT2D eigenvalue weighted by molar-refractivity contribution is 5.81. The van der Waals surface area contributed by atoms with Gasteiger partial charge in [-0.25, -0.2) is 23.7 Å². The number of nitrogens with two attached hydrogens (primary N) is 2. The summed E-state index contributed by atoms with van der Waals surface area (Å²) in [6.07, 6.45) is 6.49. The Morgan fingerprint density at radius 2 is 1.95 bits per heavy atom. The number of rotatable bonds is 6. The highest BCUT2D eigenvalue weighted by atomic mass is 19.2. The zero-order valence-electron chi connectivity index (χ0n) is 21.2. The van der Waals surface area contributed by atoms with Crippen molar-refractivity contribution in [2.45, 2.75) is 31.3 Å². The smallest absolute Gasteiger partial charge is 0.223 e. The quantitative estimate of drug-likeness (QED) is 0.396. The van der Waals surface area contributed by atoms with Gasteiger partial charge in [-0.05, 0) is 42.7 Å². The molecular weight excluding hydrogens is 492 g/mol. The van der Waals surface area contributed by atoms with Crippen molar-refractivity contribution >= 4 is 28.6 Å². The van der Waals surface area contributed by atoms with Crippen LogP contribution in [0.15, 0.2) is 43.1 Å². The number of pyridine rings is 1. The summed E-state index contributed by atoms with van der Waals surface area (Å²) in [7, 11) is 3.44. The number of hydrogen-bond acceptors (Lipinski definition) is 8. The van der Waals surface area contributed by atoms with Gasteiger partial charge in [-0.2, -0.15) is 0 Å². The molecule has 12 heteroatoms. The van der Waals surface area contributed by atoms with Crippen molar-refractivity contribution in [3.8, 4) is 11.3 Å². The minimum absolute atomic E-state index is 0.0245. The van der Waals surface area contributed by atoms with Crippen LogP contribution in [-0.2, 0) is 11.3 Å². The molecule has 1 aromatic carbocycles. The molecule has 1 aliphatic rings. The third-order valence-electron chi connectivity index (χ3n) is 6.90. The molecule has 1 atom stereocenters. The summed E-state index contributed by atoms with van der Waals surface area (Å²) >= 11 is 0. The van der Waals surface area contributed by atoms with Gasteiger partial charge in [0.25, 0.3) is 0 Å². The van der Waals surface area contributed by atoms with Crippen LogP contribution in [-0.4, -0.2) is 68.0 Å².